The van der Waals surface area contributed by atoms with E-state index in [9.17, 15) is 9.59 Å². The molecule has 0 saturated carbocycles. The van der Waals surface area contributed by atoms with Gasteiger partial charge in [0.05, 0.1) is 0 Å². The van der Waals surface area contributed by atoms with E-state index < -0.39 is 0 Å². The number of hydrogen-bond acceptors (Lipinski definition) is 3. The van der Waals surface area contributed by atoms with E-state index in [0.717, 1.165) is 0 Å². The number of hydrogen-bond donors (Lipinski definition) is 1. The Morgan fingerprint density at radius 3 is 2.33 bits per heavy atom. The quantitative estimate of drug-likeness (QED) is 0.587. The van der Waals surface area contributed by atoms with Crippen molar-refractivity contribution in [3.8, 4) is 0 Å². The Bertz CT molecular complexity index is 185. The molecule has 4 nitrogen and oxygen atoms in total. The Kier molecular flexibility index (Phi) is 2.81. The minimum atomic E-state index is -0.129. The van der Waals surface area contributed by atoms with Crippen molar-refractivity contribution in [3.05, 3.63) is 0 Å². The van der Waals surface area contributed by atoms with E-state index in [1.165, 1.54) is 4.90 Å². The van der Waals surface area contributed by atoms with Gasteiger partial charge in [0.25, 0.3) is 0 Å². The zero-order valence-electron chi connectivity index (χ0n) is 7.25. The fraction of sp³-hybridized carbons (Fsp3) is 0.750. The fourth-order valence-corrected chi connectivity index (χ4v) is 1.29. The molecule has 4 heteroatoms. The molecule has 1 fully saturated rings. The number of amides is 2. The summed E-state index contributed by atoms with van der Waals surface area (Å²) in [5.74, 6) is -0.160. The normalized spacial score (nSPS) is 21.3. The molecule has 1 aliphatic rings. The number of likely N-dealkylation sites (tertiary alicyclic amines) is 1. The Labute approximate surface area is 71.7 Å². The van der Waals surface area contributed by atoms with Gasteiger partial charge in [-0.1, -0.05) is 0 Å². The number of imide groups is 1. The van der Waals surface area contributed by atoms with Crippen molar-refractivity contribution in [2.45, 2.75) is 32.2 Å². The monoisotopic (exact) mass is 170 g/mol. The van der Waals surface area contributed by atoms with Gasteiger partial charge in [0.1, 0.15) is 0 Å². The van der Waals surface area contributed by atoms with E-state index in [2.05, 4.69) is 0 Å². The first-order chi connectivity index (χ1) is 5.61. The molecule has 2 amide bonds. The van der Waals surface area contributed by atoms with E-state index in [1.54, 1.807) is 6.92 Å². The molecule has 1 heterocycles. The molecule has 0 spiro atoms. The van der Waals surface area contributed by atoms with E-state index in [-0.39, 0.29) is 17.9 Å². The van der Waals surface area contributed by atoms with Crippen molar-refractivity contribution in [2.24, 2.45) is 5.73 Å². The predicted octanol–water partition coefficient (Wildman–Crippen LogP) is -0.127. The van der Waals surface area contributed by atoms with E-state index in [0.29, 0.717) is 25.8 Å². The third kappa shape index (κ3) is 2.04. The standard InChI is InChI=1S/C8H14N2O2/c1-6(9)5-10-7(11)3-2-4-8(10)12/h6H,2-5,9H2,1H3. The van der Waals surface area contributed by atoms with E-state index in [1.807, 2.05) is 0 Å². The first-order valence-corrected chi connectivity index (χ1v) is 4.20. The second kappa shape index (κ2) is 3.67. The average molecular weight is 170 g/mol. The number of carbonyl (C=O) groups is 2. The maximum Gasteiger partial charge on any atom is 0.229 e. The molecule has 1 unspecified atom stereocenters. The van der Waals surface area contributed by atoms with Gasteiger partial charge in [0.15, 0.2) is 0 Å². The molecule has 0 bridgehead atoms. The van der Waals surface area contributed by atoms with Gasteiger partial charge >= 0.3 is 0 Å². The number of nitrogens with zero attached hydrogens (tertiary/aromatic N) is 1. The summed E-state index contributed by atoms with van der Waals surface area (Å²) in [6, 6.07) is -0.129. The maximum atomic E-state index is 11.2. The van der Waals surface area contributed by atoms with Gasteiger partial charge in [-0.15, -0.1) is 0 Å². The molecule has 12 heavy (non-hydrogen) atoms. The summed E-state index contributed by atoms with van der Waals surface area (Å²) in [5.41, 5.74) is 5.50. The number of carbonyl (C=O) groups excluding carboxylic acids is 2. The summed E-state index contributed by atoms with van der Waals surface area (Å²) in [4.78, 5) is 23.7. The zero-order chi connectivity index (χ0) is 9.14. The van der Waals surface area contributed by atoms with Crippen LogP contribution in [0.4, 0.5) is 0 Å². The van der Waals surface area contributed by atoms with Crippen molar-refractivity contribution in [3.63, 3.8) is 0 Å². The van der Waals surface area contributed by atoms with Gasteiger partial charge in [-0.3, -0.25) is 14.5 Å². The first kappa shape index (κ1) is 9.19. The highest BCUT2D eigenvalue weighted by atomic mass is 16.2. The van der Waals surface area contributed by atoms with Crippen LogP contribution in [0.15, 0.2) is 0 Å². The lowest BCUT2D eigenvalue weighted by Crippen LogP contribution is -2.45. The van der Waals surface area contributed by atoms with Gasteiger partial charge in [0, 0.05) is 25.4 Å². The molecule has 0 aromatic heterocycles. The molecular formula is C8H14N2O2. The second-order valence-corrected chi connectivity index (χ2v) is 3.23. The Morgan fingerprint density at radius 2 is 1.92 bits per heavy atom. The first-order valence-electron chi connectivity index (χ1n) is 4.20. The van der Waals surface area contributed by atoms with Crippen LogP contribution < -0.4 is 5.73 Å². The molecule has 1 rings (SSSR count). The average Bonchev–Trinajstić information content (AvgIpc) is 1.97. The molecule has 1 saturated heterocycles. The van der Waals surface area contributed by atoms with Gasteiger partial charge in [0.2, 0.25) is 11.8 Å². The summed E-state index contributed by atoms with van der Waals surface area (Å²) in [6.07, 6.45) is 1.66. The predicted molar refractivity (Wildman–Crippen MR) is 44.2 cm³/mol. The van der Waals surface area contributed by atoms with Crippen LogP contribution in [0.2, 0.25) is 0 Å². The molecule has 68 valence electrons. The minimum Gasteiger partial charge on any atom is -0.326 e. The van der Waals surface area contributed by atoms with Crippen LogP contribution in [0.5, 0.6) is 0 Å². The fourth-order valence-electron chi connectivity index (χ4n) is 1.29. The van der Waals surface area contributed by atoms with Gasteiger partial charge in [-0.25, -0.2) is 0 Å². The lowest BCUT2D eigenvalue weighted by Gasteiger charge is -2.26. The van der Waals surface area contributed by atoms with E-state index in [4.69, 9.17) is 5.73 Å². The summed E-state index contributed by atoms with van der Waals surface area (Å²) in [6.45, 7) is 2.15. The highest BCUT2D eigenvalue weighted by molar-refractivity contribution is 5.97. The minimum absolute atomic E-state index is 0.0800. The summed E-state index contributed by atoms with van der Waals surface area (Å²) >= 11 is 0. The number of piperidine rings is 1. The van der Waals surface area contributed by atoms with Crippen LogP contribution in [0.3, 0.4) is 0 Å². The third-order valence-electron chi connectivity index (χ3n) is 1.85. The zero-order valence-corrected chi connectivity index (χ0v) is 7.25. The molecule has 1 aliphatic heterocycles. The number of rotatable bonds is 2. The van der Waals surface area contributed by atoms with Crippen LogP contribution >= 0.6 is 0 Å². The molecule has 2 N–H and O–H groups in total. The van der Waals surface area contributed by atoms with E-state index >= 15 is 0 Å². The molecule has 0 aromatic rings. The summed E-state index contributed by atoms with van der Waals surface area (Å²) < 4.78 is 0. The SMILES string of the molecule is CC(N)CN1C(=O)CCCC1=O. The van der Waals surface area contributed by atoms with Gasteiger partial charge in [-0.05, 0) is 13.3 Å². The Morgan fingerprint density at radius 1 is 1.42 bits per heavy atom. The summed E-state index contributed by atoms with van der Waals surface area (Å²) in [7, 11) is 0. The van der Waals surface area contributed by atoms with Gasteiger partial charge < -0.3 is 5.73 Å². The van der Waals surface area contributed by atoms with Crippen molar-refractivity contribution < 1.29 is 9.59 Å². The second-order valence-electron chi connectivity index (χ2n) is 3.23. The molecule has 0 aliphatic carbocycles. The molecule has 0 radical (unpaired) electrons. The van der Waals surface area contributed by atoms with Crippen LogP contribution in [0.25, 0.3) is 0 Å². The highest BCUT2D eigenvalue weighted by Crippen LogP contribution is 2.11. The van der Waals surface area contributed by atoms with Crippen molar-refractivity contribution in [1.29, 1.82) is 0 Å². The van der Waals surface area contributed by atoms with Crippen LogP contribution in [0.1, 0.15) is 26.2 Å². The van der Waals surface area contributed by atoms with Crippen LogP contribution in [-0.2, 0) is 9.59 Å². The topological polar surface area (TPSA) is 63.4 Å². The van der Waals surface area contributed by atoms with Gasteiger partial charge in [-0.2, -0.15) is 0 Å². The van der Waals surface area contributed by atoms with Crippen molar-refractivity contribution in [2.75, 3.05) is 6.54 Å². The lowest BCUT2D eigenvalue weighted by molar-refractivity contribution is -0.148. The Hall–Kier alpha value is -0.900. The number of nitrogens with two attached hydrogens (primary N) is 1. The summed E-state index contributed by atoms with van der Waals surface area (Å²) in [5, 5.41) is 0. The molecular weight excluding hydrogens is 156 g/mol. The van der Waals surface area contributed by atoms with Crippen molar-refractivity contribution in [1.82, 2.24) is 4.90 Å². The largest absolute Gasteiger partial charge is 0.326 e. The molecule has 1 atom stereocenters. The molecule has 0 aromatic carbocycles. The third-order valence-corrected chi connectivity index (χ3v) is 1.85. The smallest absolute Gasteiger partial charge is 0.229 e. The maximum absolute atomic E-state index is 11.2. The van der Waals surface area contributed by atoms with Crippen LogP contribution in [-0.4, -0.2) is 29.3 Å². The lowest BCUT2D eigenvalue weighted by atomic mass is 10.1. The highest BCUT2D eigenvalue weighted by Gasteiger charge is 2.25. The van der Waals surface area contributed by atoms with Crippen LogP contribution in [0, 0.1) is 0 Å². The van der Waals surface area contributed by atoms with Crippen molar-refractivity contribution >= 4 is 11.8 Å². The Balaban J connectivity index is 2.57.